The normalized spacial score (nSPS) is 11.3. The van der Waals surface area contributed by atoms with Gasteiger partial charge in [0.1, 0.15) is 17.8 Å². The average Bonchev–Trinajstić information content (AvgIpc) is 3.04. The molecule has 0 saturated heterocycles. The van der Waals surface area contributed by atoms with Crippen molar-refractivity contribution >= 4 is 5.91 Å². The highest BCUT2D eigenvalue weighted by Gasteiger charge is 2.28. The van der Waals surface area contributed by atoms with E-state index in [9.17, 15) is 18.0 Å². The van der Waals surface area contributed by atoms with E-state index in [-0.39, 0.29) is 5.56 Å². The Balaban J connectivity index is 2.23. The summed E-state index contributed by atoms with van der Waals surface area (Å²) in [5.74, 6) is -0.113. The maximum absolute atomic E-state index is 12.3. The number of aromatic nitrogens is 4. The molecule has 0 aliphatic carbocycles. The Morgan fingerprint density at radius 2 is 2.13 bits per heavy atom. The smallest absolute Gasteiger partial charge is 0.390 e. The van der Waals surface area contributed by atoms with Crippen LogP contribution in [0.5, 0.6) is 5.75 Å². The fourth-order valence-corrected chi connectivity index (χ4v) is 1.89. The van der Waals surface area contributed by atoms with Crippen molar-refractivity contribution < 1.29 is 22.7 Å². The van der Waals surface area contributed by atoms with Crippen molar-refractivity contribution in [2.45, 2.75) is 12.6 Å². The van der Waals surface area contributed by atoms with Crippen LogP contribution in [0.3, 0.4) is 0 Å². The average molecular weight is 329 g/mol. The second-order valence-electron chi connectivity index (χ2n) is 4.73. The molecule has 0 atom stereocenters. The lowest BCUT2D eigenvalue weighted by molar-refractivity contribution is -0.136. The van der Waals surface area contributed by atoms with Crippen LogP contribution < -0.4 is 4.74 Å². The molecular formula is C13H14F3N5O2. The van der Waals surface area contributed by atoms with Crippen LogP contribution in [0.4, 0.5) is 13.2 Å². The molecule has 1 heterocycles. The van der Waals surface area contributed by atoms with E-state index < -0.39 is 25.0 Å². The SMILES string of the molecule is COc1ccc(C(=O)N(C)CCC(F)(F)F)cc1-n1cnnn1. The second kappa shape index (κ2) is 6.63. The molecule has 10 heteroatoms. The minimum atomic E-state index is -4.31. The summed E-state index contributed by atoms with van der Waals surface area (Å²) in [6, 6.07) is 4.46. The van der Waals surface area contributed by atoms with Gasteiger partial charge >= 0.3 is 6.18 Å². The largest absolute Gasteiger partial charge is 0.494 e. The highest BCUT2D eigenvalue weighted by Crippen LogP contribution is 2.24. The standard InChI is InChI=1S/C13H14F3N5O2/c1-20(6-5-13(14,15)16)12(22)9-3-4-11(23-2)10(7-9)21-8-17-18-19-21/h3-4,7-8H,5-6H2,1-2H3. The predicted octanol–water partition coefficient (Wildman–Crippen LogP) is 1.70. The number of carbonyl (C=O) groups excluding carboxylic acids is 1. The molecule has 2 aromatic rings. The van der Waals surface area contributed by atoms with Gasteiger partial charge in [-0.05, 0) is 28.6 Å². The Morgan fingerprint density at radius 1 is 1.39 bits per heavy atom. The topological polar surface area (TPSA) is 73.1 Å². The van der Waals surface area contributed by atoms with E-state index in [1.54, 1.807) is 0 Å². The predicted molar refractivity (Wildman–Crippen MR) is 73.3 cm³/mol. The number of benzene rings is 1. The van der Waals surface area contributed by atoms with Gasteiger partial charge in [-0.2, -0.15) is 17.9 Å². The first-order chi connectivity index (χ1) is 10.8. The Bertz CT molecular complexity index is 673. The van der Waals surface area contributed by atoms with Crippen LogP contribution >= 0.6 is 0 Å². The third kappa shape index (κ3) is 4.18. The van der Waals surface area contributed by atoms with Crippen molar-refractivity contribution in [3.8, 4) is 11.4 Å². The van der Waals surface area contributed by atoms with Gasteiger partial charge in [-0.3, -0.25) is 4.79 Å². The van der Waals surface area contributed by atoms with Gasteiger partial charge in [0.25, 0.3) is 5.91 Å². The fourth-order valence-electron chi connectivity index (χ4n) is 1.89. The number of amides is 1. The van der Waals surface area contributed by atoms with Crippen LogP contribution in [0.2, 0.25) is 0 Å². The fraction of sp³-hybridized carbons (Fsp3) is 0.385. The molecule has 0 fully saturated rings. The number of hydrogen-bond donors (Lipinski definition) is 0. The summed E-state index contributed by atoms with van der Waals surface area (Å²) in [5.41, 5.74) is 0.619. The van der Waals surface area contributed by atoms with E-state index in [0.29, 0.717) is 11.4 Å². The number of nitrogens with zero attached hydrogens (tertiary/aromatic N) is 5. The second-order valence-corrected chi connectivity index (χ2v) is 4.73. The van der Waals surface area contributed by atoms with Gasteiger partial charge in [0.2, 0.25) is 0 Å². The van der Waals surface area contributed by atoms with Crippen molar-refractivity contribution in [2.24, 2.45) is 0 Å². The van der Waals surface area contributed by atoms with E-state index in [2.05, 4.69) is 15.5 Å². The molecule has 23 heavy (non-hydrogen) atoms. The van der Waals surface area contributed by atoms with Crippen molar-refractivity contribution in [2.75, 3.05) is 20.7 Å². The Labute approximate surface area is 129 Å². The van der Waals surface area contributed by atoms with Crippen molar-refractivity contribution in [1.29, 1.82) is 0 Å². The molecule has 1 amide bonds. The molecule has 0 radical (unpaired) electrons. The van der Waals surface area contributed by atoms with Crippen LogP contribution in [-0.2, 0) is 0 Å². The maximum atomic E-state index is 12.3. The van der Waals surface area contributed by atoms with Gasteiger partial charge in [-0.25, -0.2) is 0 Å². The van der Waals surface area contributed by atoms with Gasteiger partial charge in [-0.15, -0.1) is 5.10 Å². The van der Waals surface area contributed by atoms with Gasteiger partial charge in [0.05, 0.1) is 13.5 Å². The molecule has 2 rings (SSSR count). The third-order valence-corrected chi connectivity index (χ3v) is 3.10. The van der Waals surface area contributed by atoms with Gasteiger partial charge in [-0.1, -0.05) is 0 Å². The van der Waals surface area contributed by atoms with Crippen LogP contribution in [0.15, 0.2) is 24.5 Å². The summed E-state index contributed by atoms with van der Waals surface area (Å²) in [7, 11) is 2.76. The number of tetrazole rings is 1. The minimum absolute atomic E-state index is 0.209. The molecule has 0 aliphatic heterocycles. The van der Waals surface area contributed by atoms with Crippen LogP contribution in [-0.4, -0.2) is 57.9 Å². The maximum Gasteiger partial charge on any atom is 0.390 e. The first-order valence-corrected chi connectivity index (χ1v) is 6.55. The number of ether oxygens (including phenoxy) is 1. The van der Waals surface area contributed by atoms with Crippen molar-refractivity contribution in [1.82, 2.24) is 25.1 Å². The Hall–Kier alpha value is -2.65. The van der Waals surface area contributed by atoms with Crippen LogP contribution in [0.25, 0.3) is 5.69 Å². The zero-order valence-corrected chi connectivity index (χ0v) is 12.4. The molecule has 1 aromatic carbocycles. The summed E-state index contributed by atoms with van der Waals surface area (Å²) in [4.78, 5) is 13.3. The first-order valence-electron chi connectivity index (χ1n) is 6.55. The van der Waals surface area contributed by atoms with Crippen molar-refractivity contribution in [3.05, 3.63) is 30.1 Å². The minimum Gasteiger partial charge on any atom is -0.494 e. The number of rotatable bonds is 5. The number of alkyl halides is 3. The lowest BCUT2D eigenvalue weighted by Gasteiger charge is -2.19. The molecule has 0 N–H and O–H groups in total. The Kier molecular flexibility index (Phi) is 4.82. The van der Waals surface area contributed by atoms with Crippen LogP contribution in [0.1, 0.15) is 16.8 Å². The zero-order valence-electron chi connectivity index (χ0n) is 12.4. The molecular weight excluding hydrogens is 315 g/mol. The van der Waals surface area contributed by atoms with E-state index in [4.69, 9.17) is 4.74 Å². The summed E-state index contributed by atoms with van der Waals surface area (Å²) in [6.07, 6.45) is -4.06. The van der Waals surface area contributed by atoms with E-state index >= 15 is 0 Å². The number of hydrogen-bond acceptors (Lipinski definition) is 5. The number of halogens is 3. The highest BCUT2D eigenvalue weighted by atomic mass is 19.4. The number of carbonyl (C=O) groups is 1. The van der Waals surface area contributed by atoms with Gasteiger partial charge < -0.3 is 9.64 Å². The summed E-state index contributed by atoms with van der Waals surface area (Å²) in [5, 5.41) is 10.7. The number of methoxy groups -OCH3 is 1. The first kappa shape index (κ1) is 16.7. The van der Waals surface area contributed by atoms with E-state index in [1.165, 1.54) is 43.4 Å². The molecule has 0 spiro atoms. The highest BCUT2D eigenvalue weighted by molar-refractivity contribution is 5.95. The lowest BCUT2D eigenvalue weighted by atomic mass is 10.1. The molecule has 1 aromatic heterocycles. The van der Waals surface area contributed by atoms with Crippen LogP contribution in [0, 0.1) is 0 Å². The van der Waals surface area contributed by atoms with E-state index in [1.807, 2.05) is 0 Å². The van der Waals surface area contributed by atoms with Crippen molar-refractivity contribution in [3.63, 3.8) is 0 Å². The third-order valence-electron chi connectivity index (χ3n) is 3.10. The monoisotopic (exact) mass is 329 g/mol. The molecule has 0 aliphatic rings. The Morgan fingerprint density at radius 3 is 2.70 bits per heavy atom. The summed E-state index contributed by atoms with van der Waals surface area (Å²) in [6.45, 7) is -0.422. The summed E-state index contributed by atoms with van der Waals surface area (Å²) >= 11 is 0. The quantitative estimate of drug-likeness (QED) is 0.835. The molecule has 0 bridgehead atoms. The van der Waals surface area contributed by atoms with Gasteiger partial charge in [0, 0.05) is 19.2 Å². The van der Waals surface area contributed by atoms with E-state index in [0.717, 1.165) is 4.90 Å². The van der Waals surface area contributed by atoms with Gasteiger partial charge in [0.15, 0.2) is 0 Å². The molecule has 124 valence electrons. The molecule has 7 nitrogen and oxygen atoms in total. The molecule has 0 unspecified atom stereocenters. The molecule has 0 saturated carbocycles. The lowest BCUT2D eigenvalue weighted by Crippen LogP contribution is -2.30. The summed E-state index contributed by atoms with van der Waals surface area (Å²) < 4.78 is 43.2. The zero-order chi connectivity index (χ0) is 17.0.